The fourth-order valence-corrected chi connectivity index (χ4v) is 3.49. The molecule has 0 aromatic carbocycles. The highest BCUT2D eigenvalue weighted by molar-refractivity contribution is 5.52. The van der Waals surface area contributed by atoms with E-state index in [-0.39, 0.29) is 6.10 Å². The molecule has 2 aliphatic rings. The lowest BCUT2D eigenvalue weighted by Gasteiger charge is -2.38. The van der Waals surface area contributed by atoms with Crippen LogP contribution in [0.15, 0.2) is 6.07 Å². The standard InChI is InChI=1S/C15H24N4O/c1-9(2)15-17-13(16-3)8-14(18-15)19-10-4-5-11(19)7-12(20)6-10/h8-12,20H,4-7H2,1-3H3,(H,16,17,18). The fraction of sp³-hybridized carbons (Fsp3) is 0.733. The van der Waals surface area contributed by atoms with Crippen molar-refractivity contribution in [2.24, 2.45) is 0 Å². The molecular formula is C15H24N4O. The number of aliphatic hydroxyl groups is 1. The van der Waals surface area contributed by atoms with E-state index >= 15 is 0 Å². The molecule has 2 aliphatic heterocycles. The van der Waals surface area contributed by atoms with E-state index in [1.165, 1.54) is 0 Å². The second-order valence-corrected chi connectivity index (χ2v) is 6.29. The van der Waals surface area contributed by atoms with E-state index in [2.05, 4.69) is 29.0 Å². The first-order valence-electron chi connectivity index (χ1n) is 7.61. The Labute approximate surface area is 120 Å². The maximum atomic E-state index is 9.93. The molecular weight excluding hydrogens is 252 g/mol. The van der Waals surface area contributed by atoms with E-state index in [1.807, 2.05) is 13.1 Å². The quantitative estimate of drug-likeness (QED) is 0.885. The van der Waals surface area contributed by atoms with Crippen LogP contribution < -0.4 is 10.2 Å². The lowest BCUT2D eigenvalue weighted by atomic mass is 10.00. The number of aromatic nitrogens is 2. The number of rotatable bonds is 3. The lowest BCUT2D eigenvalue weighted by molar-refractivity contribution is 0.126. The first kappa shape index (κ1) is 13.6. The zero-order valence-corrected chi connectivity index (χ0v) is 12.5. The van der Waals surface area contributed by atoms with Gasteiger partial charge in [0.2, 0.25) is 0 Å². The van der Waals surface area contributed by atoms with Crippen LogP contribution in [0.3, 0.4) is 0 Å². The van der Waals surface area contributed by atoms with E-state index in [4.69, 9.17) is 4.98 Å². The topological polar surface area (TPSA) is 61.3 Å². The Bertz CT molecular complexity index is 477. The lowest BCUT2D eigenvalue weighted by Crippen LogP contribution is -2.45. The Morgan fingerprint density at radius 2 is 1.90 bits per heavy atom. The van der Waals surface area contributed by atoms with Gasteiger partial charge in [-0.3, -0.25) is 0 Å². The Morgan fingerprint density at radius 3 is 2.45 bits per heavy atom. The summed E-state index contributed by atoms with van der Waals surface area (Å²) >= 11 is 0. The van der Waals surface area contributed by atoms with Crippen LogP contribution >= 0.6 is 0 Å². The Kier molecular flexibility index (Phi) is 3.54. The molecule has 5 nitrogen and oxygen atoms in total. The second-order valence-electron chi connectivity index (χ2n) is 6.29. The molecule has 110 valence electrons. The largest absolute Gasteiger partial charge is 0.393 e. The monoisotopic (exact) mass is 276 g/mol. The molecule has 1 aromatic heterocycles. The van der Waals surface area contributed by atoms with Crippen molar-refractivity contribution in [1.82, 2.24) is 9.97 Å². The minimum absolute atomic E-state index is 0.140. The minimum Gasteiger partial charge on any atom is -0.393 e. The van der Waals surface area contributed by atoms with Gasteiger partial charge in [-0.1, -0.05) is 13.8 Å². The third-order valence-electron chi connectivity index (χ3n) is 4.48. The average molecular weight is 276 g/mol. The van der Waals surface area contributed by atoms with E-state index < -0.39 is 0 Å². The average Bonchev–Trinajstić information content (AvgIpc) is 2.70. The van der Waals surface area contributed by atoms with Gasteiger partial charge in [0, 0.05) is 31.1 Å². The van der Waals surface area contributed by atoms with Crippen molar-refractivity contribution in [2.45, 2.75) is 63.6 Å². The van der Waals surface area contributed by atoms with Gasteiger partial charge in [-0.2, -0.15) is 0 Å². The summed E-state index contributed by atoms with van der Waals surface area (Å²) in [6, 6.07) is 2.90. The van der Waals surface area contributed by atoms with Gasteiger partial charge < -0.3 is 15.3 Å². The SMILES string of the molecule is CNc1cc(N2C3CCC2CC(O)C3)nc(C(C)C)n1. The van der Waals surface area contributed by atoms with Crippen molar-refractivity contribution in [1.29, 1.82) is 0 Å². The molecule has 0 aliphatic carbocycles. The highest BCUT2D eigenvalue weighted by Gasteiger charge is 2.41. The maximum Gasteiger partial charge on any atom is 0.135 e. The summed E-state index contributed by atoms with van der Waals surface area (Å²) in [5.74, 6) is 3.10. The zero-order chi connectivity index (χ0) is 14.3. The molecule has 3 rings (SSSR count). The Morgan fingerprint density at radius 1 is 1.25 bits per heavy atom. The van der Waals surface area contributed by atoms with Crippen molar-refractivity contribution in [3.63, 3.8) is 0 Å². The normalized spacial score (nSPS) is 29.1. The summed E-state index contributed by atoms with van der Waals surface area (Å²) < 4.78 is 0. The number of anilines is 2. The van der Waals surface area contributed by atoms with Crippen molar-refractivity contribution in [3.05, 3.63) is 11.9 Å². The number of hydrogen-bond donors (Lipinski definition) is 2. The summed E-state index contributed by atoms with van der Waals surface area (Å²) in [7, 11) is 1.89. The third kappa shape index (κ3) is 2.35. The number of nitrogens with one attached hydrogen (secondary N) is 1. The van der Waals surface area contributed by atoms with E-state index in [1.54, 1.807) is 0 Å². The highest BCUT2D eigenvalue weighted by atomic mass is 16.3. The minimum atomic E-state index is -0.140. The van der Waals surface area contributed by atoms with Gasteiger partial charge in [0.25, 0.3) is 0 Å². The van der Waals surface area contributed by atoms with Gasteiger partial charge in [-0.15, -0.1) is 0 Å². The first-order valence-corrected chi connectivity index (χ1v) is 7.61. The molecule has 1 aromatic rings. The summed E-state index contributed by atoms with van der Waals surface area (Å²) in [5, 5.41) is 13.1. The number of nitrogens with zero attached hydrogens (tertiary/aromatic N) is 3. The highest BCUT2D eigenvalue weighted by Crippen LogP contribution is 2.39. The van der Waals surface area contributed by atoms with Crippen LogP contribution in [-0.4, -0.2) is 40.3 Å². The molecule has 3 heterocycles. The number of hydrogen-bond acceptors (Lipinski definition) is 5. The van der Waals surface area contributed by atoms with Crippen molar-refractivity contribution in [2.75, 3.05) is 17.3 Å². The summed E-state index contributed by atoms with van der Waals surface area (Å²) in [5.41, 5.74) is 0. The summed E-state index contributed by atoms with van der Waals surface area (Å²) in [4.78, 5) is 11.7. The van der Waals surface area contributed by atoms with Crippen LogP contribution in [-0.2, 0) is 0 Å². The second kappa shape index (κ2) is 5.20. The predicted octanol–water partition coefficient (Wildman–Crippen LogP) is 2.13. The molecule has 2 atom stereocenters. The third-order valence-corrected chi connectivity index (χ3v) is 4.48. The maximum absolute atomic E-state index is 9.93. The molecule has 0 amide bonds. The van der Waals surface area contributed by atoms with Crippen molar-refractivity contribution in [3.8, 4) is 0 Å². The van der Waals surface area contributed by atoms with Crippen LogP contribution in [0.2, 0.25) is 0 Å². The Balaban J connectivity index is 1.95. The van der Waals surface area contributed by atoms with Crippen molar-refractivity contribution < 1.29 is 5.11 Å². The number of piperidine rings is 1. The molecule has 0 spiro atoms. The van der Waals surface area contributed by atoms with Crippen LogP contribution in [0.4, 0.5) is 11.6 Å². The molecule has 2 fully saturated rings. The van der Waals surface area contributed by atoms with Crippen LogP contribution in [0.25, 0.3) is 0 Å². The number of aliphatic hydroxyl groups excluding tert-OH is 1. The molecule has 20 heavy (non-hydrogen) atoms. The molecule has 0 radical (unpaired) electrons. The smallest absolute Gasteiger partial charge is 0.135 e. The molecule has 2 unspecified atom stereocenters. The fourth-order valence-electron chi connectivity index (χ4n) is 3.49. The van der Waals surface area contributed by atoms with Crippen molar-refractivity contribution >= 4 is 11.6 Å². The summed E-state index contributed by atoms with van der Waals surface area (Å²) in [6.45, 7) is 4.24. The molecule has 5 heteroatoms. The van der Waals surface area contributed by atoms with Gasteiger partial charge in [-0.05, 0) is 25.7 Å². The van der Waals surface area contributed by atoms with Gasteiger partial charge >= 0.3 is 0 Å². The Hall–Kier alpha value is -1.36. The molecule has 0 saturated carbocycles. The molecule has 2 N–H and O–H groups in total. The van der Waals surface area contributed by atoms with Crippen LogP contribution in [0.1, 0.15) is 51.3 Å². The van der Waals surface area contributed by atoms with Crippen LogP contribution in [0.5, 0.6) is 0 Å². The van der Waals surface area contributed by atoms with E-state index in [0.717, 1.165) is 43.1 Å². The van der Waals surface area contributed by atoms with Gasteiger partial charge in [0.15, 0.2) is 0 Å². The molecule has 2 bridgehead atoms. The molecule has 2 saturated heterocycles. The van der Waals surface area contributed by atoms with E-state index in [0.29, 0.717) is 18.0 Å². The van der Waals surface area contributed by atoms with Gasteiger partial charge in [-0.25, -0.2) is 9.97 Å². The summed E-state index contributed by atoms with van der Waals surface area (Å²) in [6.07, 6.45) is 3.92. The van der Waals surface area contributed by atoms with Gasteiger partial charge in [0.05, 0.1) is 6.10 Å². The number of fused-ring (bicyclic) bond motifs is 2. The van der Waals surface area contributed by atoms with Crippen LogP contribution in [0, 0.1) is 0 Å². The van der Waals surface area contributed by atoms with Gasteiger partial charge in [0.1, 0.15) is 17.5 Å². The zero-order valence-electron chi connectivity index (χ0n) is 12.5. The van der Waals surface area contributed by atoms with E-state index in [9.17, 15) is 5.11 Å². The predicted molar refractivity (Wildman–Crippen MR) is 80.2 cm³/mol. The first-order chi connectivity index (χ1) is 9.58.